The standard InChI is InChI=1S/C11H14N4O2S/c1-15(2)10-6-4-3-5-9(10)14-18(16,17)11-7-8-12-13-11/h3-8,14H,1-2H3,(H,12,13). The quantitative estimate of drug-likeness (QED) is 0.873. The fourth-order valence-electron chi connectivity index (χ4n) is 1.54. The Bertz CT molecular complexity index is 620. The van der Waals surface area contributed by atoms with Crippen LogP contribution in [0, 0.1) is 0 Å². The highest BCUT2D eigenvalue weighted by Crippen LogP contribution is 2.25. The number of sulfonamides is 1. The third-order valence-corrected chi connectivity index (χ3v) is 3.69. The van der Waals surface area contributed by atoms with Crippen molar-refractivity contribution in [1.82, 2.24) is 10.2 Å². The maximum absolute atomic E-state index is 12.0. The molecule has 6 nitrogen and oxygen atoms in total. The highest BCUT2D eigenvalue weighted by atomic mass is 32.2. The van der Waals surface area contributed by atoms with Gasteiger partial charge in [0.1, 0.15) is 0 Å². The van der Waals surface area contributed by atoms with Gasteiger partial charge in [-0.2, -0.15) is 13.5 Å². The van der Waals surface area contributed by atoms with Gasteiger partial charge in [-0.15, -0.1) is 0 Å². The van der Waals surface area contributed by atoms with Gasteiger partial charge in [0, 0.05) is 14.1 Å². The second-order valence-electron chi connectivity index (χ2n) is 3.94. The summed E-state index contributed by atoms with van der Waals surface area (Å²) >= 11 is 0. The number of hydrogen-bond acceptors (Lipinski definition) is 4. The largest absolute Gasteiger partial charge is 0.376 e. The predicted octanol–water partition coefficient (Wildman–Crippen LogP) is 1.28. The van der Waals surface area contributed by atoms with E-state index < -0.39 is 10.0 Å². The van der Waals surface area contributed by atoms with Crippen LogP contribution in [0.4, 0.5) is 11.4 Å². The highest BCUT2D eigenvalue weighted by molar-refractivity contribution is 7.92. The molecule has 7 heteroatoms. The molecule has 18 heavy (non-hydrogen) atoms. The number of para-hydroxylation sites is 2. The Morgan fingerprint density at radius 3 is 2.56 bits per heavy atom. The van der Waals surface area contributed by atoms with Crippen molar-refractivity contribution in [2.75, 3.05) is 23.7 Å². The molecule has 2 aromatic rings. The molecule has 0 fully saturated rings. The molecule has 0 saturated carbocycles. The van der Waals surface area contributed by atoms with E-state index in [-0.39, 0.29) is 5.03 Å². The lowest BCUT2D eigenvalue weighted by Crippen LogP contribution is -2.17. The molecule has 1 aromatic carbocycles. The summed E-state index contributed by atoms with van der Waals surface area (Å²) in [6.45, 7) is 0. The van der Waals surface area contributed by atoms with Crippen LogP contribution in [0.5, 0.6) is 0 Å². The molecule has 0 aliphatic rings. The summed E-state index contributed by atoms with van der Waals surface area (Å²) in [6, 6.07) is 8.58. The zero-order valence-corrected chi connectivity index (χ0v) is 10.9. The number of anilines is 2. The Morgan fingerprint density at radius 1 is 1.22 bits per heavy atom. The third-order valence-electron chi connectivity index (χ3n) is 2.39. The summed E-state index contributed by atoms with van der Waals surface area (Å²) in [7, 11) is 0.0803. The van der Waals surface area contributed by atoms with Crippen LogP contribution in [-0.4, -0.2) is 32.7 Å². The van der Waals surface area contributed by atoms with E-state index in [9.17, 15) is 8.42 Å². The SMILES string of the molecule is CN(C)c1ccccc1NS(=O)(=O)c1ccn[nH]1. The molecule has 0 amide bonds. The van der Waals surface area contributed by atoms with Crippen LogP contribution in [0.1, 0.15) is 0 Å². The molecule has 0 spiro atoms. The molecule has 0 unspecified atom stereocenters. The van der Waals surface area contributed by atoms with Crippen molar-refractivity contribution >= 4 is 21.4 Å². The van der Waals surface area contributed by atoms with E-state index in [0.29, 0.717) is 5.69 Å². The van der Waals surface area contributed by atoms with Crippen LogP contribution in [0.25, 0.3) is 0 Å². The molecule has 2 N–H and O–H groups in total. The second kappa shape index (κ2) is 4.69. The van der Waals surface area contributed by atoms with Crippen molar-refractivity contribution in [3.8, 4) is 0 Å². The van der Waals surface area contributed by atoms with Gasteiger partial charge in [0.15, 0.2) is 5.03 Å². The third kappa shape index (κ3) is 2.45. The summed E-state index contributed by atoms with van der Waals surface area (Å²) in [5, 5.41) is 6.10. The Hall–Kier alpha value is -2.02. The van der Waals surface area contributed by atoms with Crippen molar-refractivity contribution in [3.05, 3.63) is 36.5 Å². The first-order chi connectivity index (χ1) is 8.50. The number of aromatic nitrogens is 2. The van der Waals surface area contributed by atoms with E-state index in [2.05, 4.69) is 14.9 Å². The van der Waals surface area contributed by atoms with Crippen molar-refractivity contribution in [2.45, 2.75) is 5.03 Å². The molecular weight excluding hydrogens is 252 g/mol. The first-order valence-electron chi connectivity index (χ1n) is 5.29. The fraction of sp³-hybridized carbons (Fsp3) is 0.182. The van der Waals surface area contributed by atoms with Crippen molar-refractivity contribution in [3.63, 3.8) is 0 Å². The van der Waals surface area contributed by atoms with Crippen molar-refractivity contribution in [1.29, 1.82) is 0 Å². The lowest BCUT2D eigenvalue weighted by Gasteiger charge is -2.17. The molecule has 0 radical (unpaired) electrons. The average Bonchev–Trinajstić information content (AvgIpc) is 2.83. The minimum absolute atomic E-state index is 0.0380. The van der Waals surface area contributed by atoms with Gasteiger partial charge in [-0.1, -0.05) is 12.1 Å². The Labute approximate surface area is 106 Å². The van der Waals surface area contributed by atoms with Crippen LogP contribution in [-0.2, 0) is 10.0 Å². The van der Waals surface area contributed by atoms with Gasteiger partial charge in [0.25, 0.3) is 10.0 Å². The molecule has 0 aliphatic carbocycles. The maximum atomic E-state index is 12.0. The minimum Gasteiger partial charge on any atom is -0.376 e. The lowest BCUT2D eigenvalue weighted by molar-refractivity contribution is 0.597. The van der Waals surface area contributed by atoms with E-state index in [0.717, 1.165) is 5.69 Å². The van der Waals surface area contributed by atoms with Gasteiger partial charge in [-0.3, -0.25) is 9.82 Å². The minimum atomic E-state index is -3.62. The monoisotopic (exact) mass is 266 g/mol. The van der Waals surface area contributed by atoms with Gasteiger partial charge in [0.05, 0.1) is 17.6 Å². The summed E-state index contributed by atoms with van der Waals surface area (Å²) in [5.41, 5.74) is 1.32. The van der Waals surface area contributed by atoms with Crippen LogP contribution in [0.15, 0.2) is 41.6 Å². The molecule has 0 bridgehead atoms. The first kappa shape index (κ1) is 12.4. The van der Waals surface area contributed by atoms with Crippen LogP contribution in [0.2, 0.25) is 0 Å². The van der Waals surface area contributed by atoms with E-state index in [1.54, 1.807) is 12.1 Å². The van der Waals surface area contributed by atoms with Crippen molar-refractivity contribution < 1.29 is 8.42 Å². The first-order valence-corrected chi connectivity index (χ1v) is 6.77. The van der Waals surface area contributed by atoms with Crippen molar-refractivity contribution in [2.24, 2.45) is 0 Å². The number of nitrogens with zero attached hydrogens (tertiary/aromatic N) is 2. The van der Waals surface area contributed by atoms with Gasteiger partial charge < -0.3 is 4.90 Å². The molecule has 0 atom stereocenters. The average molecular weight is 266 g/mol. The van der Waals surface area contributed by atoms with E-state index in [4.69, 9.17) is 0 Å². The highest BCUT2D eigenvalue weighted by Gasteiger charge is 2.17. The molecule has 96 valence electrons. The topological polar surface area (TPSA) is 78.1 Å². The molecule has 2 rings (SSSR count). The normalized spacial score (nSPS) is 11.2. The number of benzene rings is 1. The number of H-pyrrole nitrogens is 1. The maximum Gasteiger partial charge on any atom is 0.278 e. The number of nitrogens with one attached hydrogen (secondary N) is 2. The summed E-state index contributed by atoms with van der Waals surface area (Å²) in [5.74, 6) is 0. The lowest BCUT2D eigenvalue weighted by atomic mass is 10.2. The van der Waals surface area contributed by atoms with E-state index in [1.807, 2.05) is 31.1 Å². The van der Waals surface area contributed by atoms with Gasteiger partial charge in [-0.05, 0) is 18.2 Å². The van der Waals surface area contributed by atoms with Crippen LogP contribution >= 0.6 is 0 Å². The van der Waals surface area contributed by atoms with Crippen LogP contribution < -0.4 is 9.62 Å². The summed E-state index contributed by atoms with van der Waals surface area (Å²) < 4.78 is 26.6. The Morgan fingerprint density at radius 2 is 1.94 bits per heavy atom. The Kier molecular flexibility index (Phi) is 3.24. The van der Waals surface area contributed by atoms with Crippen LogP contribution in [0.3, 0.4) is 0 Å². The van der Waals surface area contributed by atoms with E-state index >= 15 is 0 Å². The molecule has 0 saturated heterocycles. The summed E-state index contributed by atoms with van der Waals surface area (Å²) in [6.07, 6.45) is 1.40. The van der Waals surface area contributed by atoms with Gasteiger partial charge >= 0.3 is 0 Å². The number of hydrogen-bond donors (Lipinski definition) is 2. The Balaban J connectivity index is 2.36. The second-order valence-corrected chi connectivity index (χ2v) is 5.59. The fourth-order valence-corrected chi connectivity index (χ4v) is 2.53. The predicted molar refractivity (Wildman–Crippen MR) is 70.2 cm³/mol. The van der Waals surface area contributed by atoms with E-state index in [1.165, 1.54) is 12.3 Å². The molecule has 1 aromatic heterocycles. The zero-order chi connectivity index (χ0) is 13.2. The molecule has 1 heterocycles. The molecular formula is C11H14N4O2S. The zero-order valence-electron chi connectivity index (χ0n) is 10.1. The number of rotatable bonds is 4. The van der Waals surface area contributed by atoms with Gasteiger partial charge in [0.2, 0.25) is 0 Å². The summed E-state index contributed by atoms with van der Waals surface area (Å²) in [4.78, 5) is 1.84. The van der Waals surface area contributed by atoms with Gasteiger partial charge in [-0.25, -0.2) is 0 Å². The number of aromatic amines is 1. The molecule has 0 aliphatic heterocycles. The smallest absolute Gasteiger partial charge is 0.278 e.